The van der Waals surface area contributed by atoms with E-state index >= 15 is 0 Å². The van der Waals surface area contributed by atoms with Crippen LogP contribution in [0.5, 0.6) is 0 Å². The van der Waals surface area contributed by atoms with Crippen LogP contribution in [0.15, 0.2) is 0 Å². The summed E-state index contributed by atoms with van der Waals surface area (Å²) < 4.78 is 4.39. The number of carbonyl (C=O) groups excluding carboxylic acids is 1. The van der Waals surface area contributed by atoms with E-state index in [9.17, 15) is 14.9 Å². The van der Waals surface area contributed by atoms with E-state index < -0.39 is 12.0 Å². The molecule has 2 N–H and O–H groups in total. The maximum absolute atomic E-state index is 10.8. The average Bonchev–Trinajstić information content (AvgIpc) is 2.10. The van der Waals surface area contributed by atoms with Gasteiger partial charge in [-0.05, 0) is 12.8 Å². The highest BCUT2D eigenvalue weighted by molar-refractivity contribution is 5.75. The summed E-state index contributed by atoms with van der Waals surface area (Å²) in [5.41, 5.74) is 5.40. The monoisotopic (exact) mass is 190 g/mol. The predicted octanol–water partition coefficient (Wildman–Crippen LogP) is -0.0663. The molecule has 0 rings (SSSR count). The third-order valence-electron chi connectivity index (χ3n) is 1.61. The van der Waals surface area contributed by atoms with Crippen molar-refractivity contribution in [3.05, 3.63) is 10.1 Å². The number of esters is 1. The number of rotatable bonds is 6. The fraction of sp³-hybridized carbons (Fsp3) is 0.857. The van der Waals surface area contributed by atoms with Gasteiger partial charge in [-0.1, -0.05) is 0 Å². The molecule has 13 heavy (non-hydrogen) atoms. The third kappa shape index (κ3) is 6.03. The van der Waals surface area contributed by atoms with Crippen molar-refractivity contribution in [2.45, 2.75) is 25.3 Å². The number of hydrogen-bond acceptors (Lipinski definition) is 5. The second-order valence-electron chi connectivity index (χ2n) is 2.68. The van der Waals surface area contributed by atoms with Gasteiger partial charge in [-0.25, -0.2) is 0 Å². The molecule has 6 nitrogen and oxygen atoms in total. The Balaban J connectivity index is 3.42. The average molecular weight is 190 g/mol. The molecule has 1 unspecified atom stereocenters. The highest BCUT2D eigenvalue weighted by Gasteiger charge is 2.12. The topological polar surface area (TPSA) is 95.5 Å². The van der Waals surface area contributed by atoms with E-state index in [2.05, 4.69) is 4.74 Å². The number of nitrogens with zero attached hydrogens (tertiary/aromatic N) is 1. The minimum absolute atomic E-state index is 0.0755. The maximum atomic E-state index is 10.8. The largest absolute Gasteiger partial charge is 0.468 e. The smallest absolute Gasteiger partial charge is 0.322 e. The lowest BCUT2D eigenvalue weighted by Crippen LogP contribution is -2.31. The first kappa shape index (κ1) is 11.8. The molecular weight excluding hydrogens is 176 g/mol. The summed E-state index contributed by atoms with van der Waals surface area (Å²) in [6.45, 7) is -0.0755. The molecule has 0 saturated carbocycles. The minimum atomic E-state index is -0.656. The van der Waals surface area contributed by atoms with Crippen molar-refractivity contribution in [2.75, 3.05) is 13.7 Å². The SMILES string of the molecule is COC(=O)C(N)CCCC[N+](=O)[O-]. The predicted molar refractivity (Wildman–Crippen MR) is 45.7 cm³/mol. The number of nitrogens with two attached hydrogens (primary N) is 1. The lowest BCUT2D eigenvalue weighted by Gasteiger charge is -2.07. The lowest BCUT2D eigenvalue weighted by atomic mass is 10.1. The molecule has 0 heterocycles. The molecule has 0 aromatic carbocycles. The van der Waals surface area contributed by atoms with Gasteiger partial charge in [0.25, 0.3) is 0 Å². The first-order chi connectivity index (χ1) is 6.07. The normalized spacial score (nSPS) is 12.2. The zero-order chi connectivity index (χ0) is 10.3. The molecule has 0 saturated heterocycles. The van der Waals surface area contributed by atoms with Crippen LogP contribution in [-0.2, 0) is 9.53 Å². The first-order valence-corrected chi connectivity index (χ1v) is 4.03. The van der Waals surface area contributed by atoms with Crippen molar-refractivity contribution >= 4 is 5.97 Å². The second kappa shape index (κ2) is 6.36. The van der Waals surface area contributed by atoms with E-state index in [1.54, 1.807) is 0 Å². The van der Waals surface area contributed by atoms with Crippen molar-refractivity contribution in [2.24, 2.45) is 5.73 Å². The van der Waals surface area contributed by atoms with Crippen molar-refractivity contribution in [3.63, 3.8) is 0 Å². The fourth-order valence-corrected chi connectivity index (χ4v) is 0.874. The Morgan fingerprint density at radius 1 is 1.62 bits per heavy atom. The number of carbonyl (C=O) groups is 1. The molecule has 0 aliphatic rings. The van der Waals surface area contributed by atoms with Crippen LogP contribution in [0.1, 0.15) is 19.3 Å². The van der Waals surface area contributed by atoms with Crippen LogP contribution >= 0.6 is 0 Å². The van der Waals surface area contributed by atoms with Crippen LogP contribution in [0, 0.1) is 10.1 Å². The molecule has 0 radical (unpaired) electrons. The molecule has 76 valence electrons. The van der Waals surface area contributed by atoms with Gasteiger partial charge in [-0.15, -0.1) is 0 Å². The van der Waals surface area contributed by atoms with Gasteiger partial charge in [0.05, 0.1) is 7.11 Å². The van der Waals surface area contributed by atoms with E-state index in [0.29, 0.717) is 19.3 Å². The molecule has 6 heteroatoms. The van der Waals surface area contributed by atoms with E-state index in [1.807, 2.05) is 0 Å². The number of ether oxygens (including phenoxy) is 1. The summed E-state index contributed by atoms with van der Waals surface area (Å²) in [5, 5.41) is 9.92. The van der Waals surface area contributed by atoms with Crippen LogP contribution in [0.2, 0.25) is 0 Å². The molecule has 0 aromatic heterocycles. The number of methoxy groups -OCH3 is 1. The molecule has 0 aliphatic carbocycles. The quantitative estimate of drug-likeness (QED) is 0.274. The van der Waals surface area contributed by atoms with Gasteiger partial charge < -0.3 is 10.5 Å². The Bertz CT molecular complexity index is 183. The molecule has 0 spiro atoms. The summed E-state index contributed by atoms with van der Waals surface area (Å²) in [5.74, 6) is -0.471. The lowest BCUT2D eigenvalue weighted by molar-refractivity contribution is -0.480. The fourth-order valence-electron chi connectivity index (χ4n) is 0.874. The van der Waals surface area contributed by atoms with Crippen LogP contribution in [0.25, 0.3) is 0 Å². The molecule has 1 atom stereocenters. The van der Waals surface area contributed by atoms with Gasteiger partial charge in [0.2, 0.25) is 6.54 Å². The van der Waals surface area contributed by atoms with E-state index in [0.717, 1.165) is 0 Å². The van der Waals surface area contributed by atoms with Crippen molar-refractivity contribution in [1.29, 1.82) is 0 Å². The molecule has 0 aliphatic heterocycles. The zero-order valence-electron chi connectivity index (χ0n) is 7.56. The maximum Gasteiger partial charge on any atom is 0.322 e. The molecule has 0 bridgehead atoms. The van der Waals surface area contributed by atoms with Crippen molar-refractivity contribution in [1.82, 2.24) is 0 Å². The van der Waals surface area contributed by atoms with Crippen LogP contribution in [0.4, 0.5) is 0 Å². The van der Waals surface area contributed by atoms with Crippen molar-refractivity contribution < 1.29 is 14.5 Å². The van der Waals surface area contributed by atoms with Gasteiger partial charge in [-0.3, -0.25) is 14.9 Å². The Morgan fingerprint density at radius 2 is 2.23 bits per heavy atom. The zero-order valence-corrected chi connectivity index (χ0v) is 7.56. The summed E-state index contributed by atoms with van der Waals surface area (Å²) in [7, 11) is 1.26. The summed E-state index contributed by atoms with van der Waals surface area (Å²) >= 11 is 0. The standard InChI is InChI=1S/C7H14N2O4/c1-13-7(10)6(8)4-2-3-5-9(11)12/h6H,2-5,8H2,1H3. The van der Waals surface area contributed by atoms with E-state index in [4.69, 9.17) is 5.73 Å². The Kier molecular flexibility index (Phi) is 5.79. The summed E-state index contributed by atoms with van der Waals surface area (Å²) in [4.78, 5) is 20.3. The Labute approximate surface area is 76.2 Å². The van der Waals surface area contributed by atoms with Gasteiger partial charge in [0.15, 0.2) is 0 Å². The number of unbranched alkanes of at least 4 members (excludes halogenated alkanes) is 1. The van der Waals surface area contributed by atoms with Crippen LogP contribution in [-0.4, -0.2) is 30.6 Å². The van der Waals surface area contributed by atoms with E-state index in [1.165, 1.54) is 7.11 Å². The van der Waals surface area contributed by atoms with Crippen LogP contribution in [0.3, 0.4) is 0 Å². The van der Waals surface area contributed by atoms with Crippen LogP contribution < -0.4 is 5.73 Å². The first-order valence-electron chi connectivity index (χ1n) is 4.03. The Hall–Kier alpha value is -1.17. The van der Waals surface area contributed by atoms with Crippen molar-refractivity contribution in [3.8, 4) is 0 Å². The van der Waals surface area contributed by atoms with E-state index in [-0.39, 0.29) is 11.5 Å². The highest BCUT2D eigenvalue weighted by atomic mass is 16.6. The Morgan fingerprint density at radius 3 is 2.69 bits per heavy atom. The molecule has 0 amide bonds. The molecular formula is C7H14N2O4. The third-order valence-corrected chi connectivity index (χ3v) is 1.61. The summed E-state index contributed by atoms with van der Waals surface area (Å²) in [6.07, 6.45) is 1.44. The molecule has 0 fully saturated rings. The van der Waals surface area contributed by atoms with Gasteiger partial charge in [0, 0.05) is 11.3 Å². The van der Waals surface area contributed by atoms with Gasteiger partial charge >= 0.3 is 5.97 Å². The van der Waals surface area contributed by atoms with Gasteiger partial charge in [-0.2, -0.15) is 0 Å². The second-order valence-corrected chi connectivity index (χ2v) is 2.68. The van der Waals surface area contributed by atoms with Gasteiger partial charge in [0.1, 0.15) is 6.04 Å². The minimum Gasteiger partial charge on any atom is -0.468 e. The number of hydrogen-bond donors (Lipinski definition) is 1. The summed E-state index contributed by atoms with van der Waals surface area (Å²) in [6, 6.07) is -0.656. The number of nitro groups is 1. The highest BCUT2D eigenvalue weighted by Crippen LogP contribution is 2.00. The molecule has 0 aromatic rings.